The number of nitrogens with one attached hydrogen (secondary N) is 1. The van der Waals surface area contributed by atoms with Gasteiger partial charge in [-0.05, 0) is 29.7 Å². The monoisotopic (exact) mass is 255 g/mol. The van der Waals surface area contributed by atoms with Crippen LogP contribution in [0.25, 0.3) is 0 Å². The third-order valence-corrected chi connectivity index (χ3v) is 2.29. The third-order valence-electron chi connectivity index (χ3n) is 2.29. The van der Waals surface area contributed by atoms with Gasteiger partial charge in [-0.1, -0.05) is 20.8 Å². The van der Waals surface area contributed by atoms with Gasteiger partial charge in [-0.3, -0.25) is 0 Å². The van der Waals surface area contributed by atoms with Crippen LogP contribution in [0.15, 0.2) is 24.3 Å². The first kappa shape index (κ1) is 14.9. The fourth-order valence-corrected chi connectivity index (χ4v) is 1.40. The Morgan fingerprint density at radius 1 is 1.28 bits per heavy atom. The molecule has 0 fully saturated rings. The first-order valence-electron chi connectivity index (χ1n) is 6.14. The van der Waals surface area contributed by atoms with E-state index < -0.39 is 6.10 Å². The molecule has 0 aliphatic carbocycles. The van der Waals surface area contributed by atoms with Crippen LogP contribution in [-0.2, 0) is 0 Å². The van der Waals surface area contributed by atoms with Crippen LogP contribution in [0, 0.1) is 11.2 Å². The minimum Gasteiger partial charge on any atom is -0.491 e. The maximum atomic E-state index is 12.6. The van der Waals surface area contributed by atoms with E-state index in [1.807, 2.05) is 0 Å². The van der Waals surface area contributed by atoms with Crippen molar-refractivity contribution in [2.45, 2.75) is 26.9 Å². The average Bonchev–Trinajstić information content (AvgIpc) is 2.26. The van der Waals surface area contributed by atoms with Gasteiger partial charge in [0.25, 0.3) is 0 Å². The molecule has 18 heavy (non-hydrogen) atoms. The molecule has 1 rings (SSSR count). The van der Waals surface area contributed by atoms with Crippen LogP contribution in [0.1, 0.15) is 20.8 Å². The molecule has 2 N–H and O–H groups in total. The highest BCUT2D eigenvalue weighted by Crippen LogP contribution is 2.12. The zero-order valence-corrected chi connectivity index (χ0v) is 11.2. The number of rotatable bonds is 6. The molecule has 1 unspecified atom stereocenters. The number of benzene rings is 1. The lowest BCUT2D eigenvalue weighted by Gasteiger charge is -2.20. The number of halogens is 1. The first-order valence-corrected chi connectivity index (χ1v) is 6.14. The second-order valence-corrected chi connectivity index (χ2v) is 5.61. The Bertz CT molecular complexity index is 346. The topological polar surface area (TPSA) is 41.5 Å². The van der Waals surface area contributed by atoms with E-state index in [0.29, 0.717) is 12.3 Å². The van der Waals surface area contributed by atoms with Gasteiger partial charge in [0.2, 0.25) is 0 Å². The fourth-order valence-electron chi connectivity index (χ4n) is 1.40. The number of aliphatic hydroxyl groups excluding tert-OH is 1. The fraction of sp³-hybridized carbons (Fsp3) is 0.571. The van der Waals surface area contributed by atoms with Crippen molar-refractivity contribution in [3.8, 4) is 5.75 Å². The molecule has 0 aromatic heterocycles. The zero-order valence-electron chi connectivity index (χ0n) is 11.2. The molecular weight excluding hydrogens is 233 g/mol. The summed E-state index contributed by atoms with van der Waals surface area (Å²) in [7, 11) is 0. The molecule has 0 amide bonds. The molecule has 0 heterocycles. The highest BCUT2D eigenvalue weighted by Gasteiger charge is 2.11. The smallest absolute Gasteiger partial charge is 0.123 e. The molecule has 0 aliphatic heterocycles. The lowest BCUT2D eigenvalue weighted by atomic mass is 9.97. The molecule has 0 radical (unpaired) electrons. The second kappa shape index (κ2) is 6.71. The largest absolute Gasteiger partial charge is 0.491 e. The maximum Gasteiger partial charge on any atom is 0.123 e. The van der Waals surface area contributed by atoms with Crippen LogP contribution < -0.4 is 10.1 Å². The van der Waals surface area contributed by atoms with E-state index in [0.717, 1.165) is 6.54 Å². The number of ether oxygens (including phenoxy) is 1. The molecule has 1 atom stereocenters. The van der Waals surface area contributed by atoms with E-state index in [4.69, 9.17) is 4.74 Å². The molecule has 1 aromatic carbocycles. The summed E-state index contributed by atoms with van der Waals surface area (Å²) in [5.41, 5.74) is 0.192. The predicted molar refractivity (Wildman–Crippen MR) is 70.2 cm³/mol. The molecule has 0 saturated heterocycles. The summed E-state index contributed by atoms with van der Waals surface area (Å²) >= 11 is 0. The average molecular weight is 255 g/mol. The van der Waals surface area contributed by atoms with Gasteiger partial charge in [0.15, 0.2) is 0 Å². The van der Waals surface area contributed by atoms with Crippen molar-refractivity contribution in [2.24, 2.45) is 5.41 Å². The van der Waals surface area contributed by atoms with Crippen LogP contribution in [0.4, 0.5) is 4.39 Å². The van der Waals surface area contributed by atoms with E-state index in [1.54, 1.807) is 12.1 Å². The Kier molecular flexibility index (Phi) is 5.56. The molecule has 0 bridgehead atoms. The molecule has 0 saturated carbocycles. The van der Waals surface area contributed by atoms with Crippen molar-refractivity contribution in [1.29, 1.82) is 0 Å². The molecule has 102 valence electrons. The van der Waals surface area contributed by atoms with Crippen molar-refractivity contribution >= 4 is 0 Å². The van der Waals surface area contributed by atoms with Crippen LogP contribution in [0.2, 0.25) is 0 Å². The normalized spacial score (nSPS) is 13.4. The summed E-state index contributed by atoms with van der Waals surface area (Å²) in [6.45, 7) is 7.89. The third kappa shape index (κ3) is 6.57. The summed E-state index contributed by atoms with van der Waals surface area (Å²) in [5.74, 6) is 0.265. The highest BCUT2D eigenvalue weighted by molar-refractivity contribution is 5.22. The molecule has 3 nitrogen and oxygen atoms in total. The minimum atomic E-state index is -0.572. The van der Waals surface area contributed by atoms with Crippen LogP contribution in [-0.4, -0.2) is 30.9 Å². The molecule has 4 heteroatoms. The molecular formula is C14H22FNO2. The van der Waals surface area contributed by atoms with Gasteiger partial charge >= 0.3 is 0 Å². The van der Waals surface area contributed by atoms with Crippen molar-refractivity contribution < 1.29 is 14.2 Å². The van der Waals surface area contributed by atoms with Crippen LogP contribution in [0.3, 0.4) is 0 Å². The summed E-state index contributed by atoms with van der Waals surface area (Å²) < 4.78 is 18.0. The Morgan fingerprint density at radius 2 is 1.89 bits per heavy atom. The maximum absolute atomic E-state index is 12.6. The minimum absolute atomic E-state index is 0.192. The standard InChI is InChI=1S/C14H22FNO2/c1-14(2,3)10-16-8-12(17)9-18-13-6-4-11(15)5-7-13/h4-7,12,16-17H,8-10H2,1-3H3. The van der Waals surface area contributed by atoms with E-state index in [1.165, 1.54) is 12.1 Å². The Balaban J connectivity index is 2.21. The first-order chi connectivity index (χ1) is 8.37. The quantitative estimate of drug-likeness (QED) is 0.819. The van der Waals surface area contributed by atoms with Gasteiger partial charge in [-0.2, -0.15) is 0 Å². The van der Waals surface area contributed by atoms with Crippen LogP contribution in [0.5, 0.6) is 5.75 Å². The molecule has 0 aliphatic rings. The lowest BCUT2D eigenvalue weighted by Crippen LogP contribution is -2.36. The Hall–Kier alpha value is -1.13. The van der Waals surface area contributed by atoms with Gasteiger partial charge < -0.3 is 15.2 Å². The molecule has 1 aromatic rings. The van der Waals surface area contributed by atoms with Crippen molar-refractivity contribution in [3.63, 3.8) is 0 Å². The van der Waals surface area contributed by atoms with Crippen molar-refractivity contribution in [1.82, 2.24) is 5.32 Å². The Labute approximate surface area is 108 Å². The zero-order chi connectivity index (χ0) is 13.6. The number of hydrogen-bond donors (Lipinski definition) is 2. The van der Waals surface area contributed by atoms with E-state index in [-0.39, 0.29) is 17.8 Å². The van der Waals surface area contributed by atoms with E-state index >= 15 is 0 Å². The second-order valence-electron chi connectivity index (χ2n) is 5.61. The van der Waals surface area contributed by atoms with E-state index in [9.17, 15) is 9.50 Å². The van der Waals surface area contributed by atoms with Gasteiger partial charge in [-0.15, -0.1) is 0 Å². The summed E-state index contributed by atoms with van der Waals surface area (Å²) in [6, 6.07) is 5.76. The highest BCUT2D eigenvalue weighted by atomic mass is 19.1. The number of hydrogen-bond acceptors (Lipinski definition) is 3. The van der Waals surface area contributed by atoms with Crippen molar-refractivity contribution in [2.75, 3.05) is 19.7 Å². The van der Waals surface area contributed by atoms with Gasteiger partial charge in [0, 0.05) is 13.1 Å². The van der Waals surface area contributed by atoms with Gasteiger partial charge in [0.1, 0.15) is 24.3 Å². The molecule has 0 spiro atoms. The Morgan fingerprint density at radius 3 is 2.44 bits per heavy atom. The predicted octanol–water partition coefficient (Wildman–Crippen LogP) is 2.20. The van der Waals surface area contributed by atoms with Crippen LogP contribution >= 0.6 is 0 Å². The number of aliphatic hydroxyl groups is 1. The van der Waals surface area contributed by atoms with Gasteiger partial charge in [-0.25, -0.2) is 4.39 Å². The summed E-state index contributed by atoms with van der Waals surface area (Å²) in [4.78, 5) is 0. The summed E-state index contributed by atoms with van der Waals surface area (Å²) in [5, 5.41) is 12.9. The summed E-state index contributed by atoms with van der Waals surface area (Å²) in [6.07, 6.45) is -0.572. The van der Waals surface area contributed by atoms with Crippen molar-refractivity contribution in [3.05, 3.63) is 30.1 Å². The SMILES string of the molecule is CC(C)(C)CNCC(O)COc1ccc(F)cc1. The van der Waals surface area contributed by atoms with Gasteiger partial charge in [0.05, 0.1) is 0 Å². The lowest BCUT2D eigenvalue weighted by molar-refractivity contribution is 0.104. The van der Waals surface area contributed by atoms with E-state index in [2.05, 4.69) is 26.1 Å².